The van der Waals surface area contributed by atoms with E-state index in [0.29, 0.717) is 27.4 Å². The van der Waals surface area contributed by atoms with Crippen molar-refractivity contribution in [1.29, 1.82) is 0 Å². The fourth-order valence-corrected chi connectivity index (χ4v) is 4.72. The van der Waals surface area contributed by atoms with Crippen molar-refractivity contribution in [2.45, 2.75) is 43.3 Å². The van der Waals surface area contributed by atoms with Crippen LogP contribution in [0.5, 0.6) is 0 Å². The maximum Gasteiger partial charge on any atom is 0.416 e. The van der Waals surface area contributed by atoms with Crippen LogP contribution in [0.2, 0.25) is 5.02 Å². The largest absolute Gasteiger partial charge is 0.416 e. The van der Waals surface area contributed by atoms with Gasteiger partial charge in [0.25, 0.3) is 0 Å². The van der Waals surface area contributed by atoms with Gasteiger partial charge >= 0.3 is 6.18 Å². The third kappa shape index (κ3) is 5.31. The second-order valence-electron chi connectivity index (χ2n) is 8.90. The fourth-order valence-electron chi connectivity index (χ4n) is 3.48. The van der Waals surface area contributed by atoms with E-state index in [-0.39, 0.29) is 5.41 Å². The molecule has 0 spiro atoms. The lowest BCUT2D eigenvalue weighted by Crippen LogP contribution is -2.10. The number of benzene rings is 3. The first-order valence-electron chi connectivity index (χ1n) is 10.6. The number of nitrogens with zero attached hydrogens (tertiary/aromatic N) is 3. The second kappa shape index (κ2) is 9.47. The number of halogens is 4. The molecule has 0 saturated heterocycles. The smallest absolute Gasteiger partial charge is 0.270 e. The molecular weight excluding hydrogens is 479 g/mol. The first kappa shape index (κ1) is 24.4. The van der Waals surface area contributed by atoms with E-state index in [1.807, 2.05) is 42.5 Å². The number of hydrogen-bond acceptors (Lipinski definition) is 3. The monoisotopic (exact) mass is 501 g/mol. The molecule has 3 aromatic carbocycles. The summed E-state index contributed by atoms with van der Waals surface area (Å²) >= 11 is 7.66. The van der Waals surface area contributed by atoms with Gasteiger partial charge in [-0.25, -0.2) is 0 Å². The van der Waals surface area contributed by atoms with Gasteiger partial charge in [0, 0.05) is 16.3 Å². The Morgan fingerprint density at radius 2 is 1.56 bits per heavy atom. The number of aromatic nitrogens is 3. The molecule has 0 atom stereocenters. The molecule has 1 heterocycles. The molecule has 0 radical (unpaired) electrons. The Morgan fingerprint density at radius 1 is 0.853 bits per heavy atom. The zero-order chi connectivity index (χ0) is 24.5. The molecule has 34 heavy (non-hydrogen) atoms. The number of rotatable bonds is 5. The highest BCUT2D eigenvalue weighted by Crippen LogP contribution is 2.35. The minimum absolute atomic E-state index is 0.0246. The van der Waals surface area contributed by atoms with Gasteiger partial charge in [0.2, 0.25) is 0 Å². The minimum atomic E-state index is -4.45. The van der Waals surface area contributed by atoms with Crippen molar-refractivity contribution in [1.82, 2.24) is 14.8 Å². The van der Waals surface area contributed by atoms with E-state index in [2.05, 4.69) is 31.0 Å². The van der Waals surface area contributed by atoms with Crippen molar-refractivity contribution in [2.75, 3.05) is 0 Å². The molecule has 0 aliphatic carbocycles. The third-order valence-corrected chi connectivity index (χ3v) is 6.74. The zero-order valence-corrected chi connectivity index (χ0v) is 20.5. The number of alkyl halides is 3. The van der Waals surface area contributed by atoms with Crippen LogP contribution in [-0.4, -0.2) is 14.8 Å². The number of hydrogen-bond donors (Lipinski definition) is 0. The molecule has 0 fully saturated rings. The minimum Gasteiger partial charge on any atom is -0.270 e. The normalized spacial score (nSPS) is 12.2. The molecule has 4 aromatic rings. The van der Waals surface area contributed by atoms with Crippen LogP contribution >= 0.6 is 23.4 Å². The van der Waals surface area contributed by atoms with Crippen LogP contribution in [-0.2, 0) is 17.3 Å². The van der Waals surface area contributed by atoms with Crippen LogP contribution in [0.3, 0.4) is 0 Å². The van der Waals surface area contributed by atoms with Crippen molar-refractivity contribution in [3.8, 4) is 17.1 Å². The van der Waals surface area contributed by atoms with Crippen LogP contribution in [0, 0.1) is 0 Å². The van der Waals surface area contributed by atoms with Gasteiger partial charge in [0.15, 0.2) is 11.0 Å². The number of thioether (sulfide) groups is 1. The SMILES string of the molecule is CC(C)(C)c1ccc(-c2nnc(SCc3ccccc3Cl)n2-c2cccc(C(F)(F)F)c2)cc1. The average molecular weight is 502 g/mol. The van der Waals surface area contributed by atoms with Gasteiger partial charge in [0.1, 0.15) is 0 Å². The fraction of sp³-hybridized carbons (Fsp3) is 0.231. The lowest BCUT2D eigenvalue weighted by atomic mass is 9.87. The summed E-state index contributed by atoms with van der Waals surface area (Å²) in [7, 11) is 0. The van der Waals surface area contributed by atoms with Crippen molar-refractivity contribution in [2.24, 2.45) is 0 Å². The molecule has 0 saturated carbocycles. The van der Waals surface area contributed by atoms with Crippen molar-refractivity contribution >= 4 is 23.4 Å². The molecule has 1 aromatic heterocycles. The Hall–Kier alpha value is -2.77. The van der Waals surface area contributed by atoms with Gasteiger partial charge in [-0.15, -0.1) is 10.2 Å². The maximum atomic E-state index is 13.4. The second-order valence-corrected chi connectivity index (χ2v) is 10.2. The molecule has 0 aliphatic heterocycles. The van der Waals surface area contributed by atoms with E-state index in [4.69, 9.17) is 11.6 Å². The summed E-state index contributed by atoms with van der Waals surface area (Å²) in [6.45, 7) is 6.36. The van der Waals surface area contributed by atoms with E-state index in [9.17, 15) is 13.2 Å². The maximum absolute atomic E-state index is 13.4. The first-order chi connectivity index (χ1) is 16.0. The summed E-state index contributed by atoms with van der Waals surface area (Å²) in [5.41, 5.74) is 2.41. The van der Waals surface area contributed by atoms with E-state index in [1.54, 1.807) is 16.7 Å². The van der Waals surface area contributed by atoms with Gasteiger partial charge in [-0.2, -0.15) is 13.2 Å². The highest BCUT2D eigenvalue weighted by Gasteiger charge is 2.31. The molecule has 0 aliphatic rings. The standard InChI is InChI=1S/C26H23ClF3N3S/c1-25(2,3)19-13-11-17(12-14-19)23-31-32-24(34-16-18-7-4-5-10-22(18)27)33(23)21-9-6-8-20(15-21)26(28,29)30/h4-15H,16H2,1-3H3. The van der Waals surface area contributed by atoms with Crippen molar-refractivity contribution in [3.63, 3.8) is 0 Å². The molecule has 3 nitrogen and oxygen atoms in total. The van der Waals surface area contributed by atoms with E-state index in [1.165, 1.54) is 17.8 Å². The summed E-state index contributed by atoms with van der Waals surface area (Å²) in [4.78, 5) is 0. The molecule has 0 unspecified atom stereocenters. The summed E-state index contributed by atoms with van der Waals surface area (Å²) in [5, 5.41) is 9.79. The molecule has 0 bridgehead atoms. The van der Waals surface area contributed by atoms with Gasteiger partial charge in [-0.05, 0) is 40.8 Å². The van der Waals surface area contributed by atoms with Crippen LogP contribution in [0.15, 0.2) is 78.0 Å². The lowest BCUT2D eigenvalue weighted by Gasteiger charge is -2.19. The van der Waals surface area contributed by atoms with Crippen molar-refractivity contribution in [3.05, 3.63) is 94.5 Å². The Bertz CT molecular complexity index is 1290. The highest BCUT2D eigenvalue weighted by atomic mass is 35.5. The Labute approximate surface area is 206 Å². The van der Waals surface area contributed by atoms with Crippen LogP contribution in [0.4, 0.5) is 13.2 Å². The molecule has 176 valence electrons. The van der Waals surface area contributed by atoms with Crippen LogP contribution in [0.25, 0.3) is 17.1 Å². The predicted molar refractivity (Wildman–Crippen MR) is 132 cm³/mol. The molecule has 4 rings (SSSR count). The zero-order valence-electron chi connectivity index (χ0n) is 18.9. The van der Waals surface area contributed by atoms with Gasteiger partial charge in [0.05, 0.1) is 11.3 Å². The molecular formula is C26H23ClF3N3S. The third-order valence-electron chi connectivity index (χ3n) is 5.39. The topological polar surface area (TPSA) is 30.7 Å². The summed E-state index contributed by atoms with van der Waals surface area (Å²) in [6.07, 6.45) is -4.45. The summed E-state index contributed by atoms with van der Waals surface area (Å²) in [5.74, 6) is 0.973. The van der Waals surface area contributed by atoms with Crippen LogP contribution < -0.4 is 0 Å². The Kier molecular flexibility index (Phi) is 6.78. The van der Waals surface area contributed by atoms with E-state index in [0.717, 1.165) is 28.8 Å². The van der Waals surface area contributed by atoms with Gasteiger partial charge in [-0.3, -0.25) is 4.57 Å². The summed E-state index contributed by atoms with van der Waals surface area (Å²) < 4.78 is 42.0. The summed E-state index contributed by atoms with van der Waals surface area (Å²) in [6, 6.07) is 20.5. The van der Waals surface area contributed by atoms with Gasteiger partial charge in [-0.1, -0.05) is 92.7 Å². The first-order valence-corrected chi connectivity index (χ1v) is 12.0. The quantitative estimate of drug-likeness (QED) is 0.258. The molecule has 0 N–H and O–H groups in total. The van der Waals surface area contributed by atoms with Crippen LogP contribution in [0.1, 0.15) is 37.5 Å². The van der Waals surface area contributed by atoms with Crippen molar-refractivity contribution < 1.29 is 13.2 Å². The average Bonchev–Trinajstić information content (AvgIpc) is 3.21. The van der Waals surface area contributed by atoms with E-state index >= 15 is 0 Å². The molecule has 8 heteroatoms. The highest BCUT2D eigenvalue weighted by molar-refractivity contribution is 7.98. The van der Waals surface area contributed by atoms with E-state index < -0.39 is 11.7 Å². The van der Waals surface area contributed by atoms with Gasteiger partial charge < -0.3 is 0 Å². The predicted octanol–water partition coefficient (Wildman–Crippen LogP) is 8.20. The lowest BCUT2D eigenvalue weighted by molar-refractivity contribution is -0.137. The Balaban J connectivity index is 1.79. The Morgan fingerprint density at radius 3 is 2.21 bits per heavy atom. The molecule has 0 amide bonds.